The summed E-state index contributed by atoms with van der Waals surface area (Å²) in [5.74, 6) is 0. The standard InChI is InChI=1S/C14H20N4O/c1-17(2)8-12-5-13(19)9-18(12)11-4-3-10(7-15)14(16)6-11/h3-4,6,12-13,19H,5,8-9,16H2,1-2H3. The van der Waals surface area contributed by atoms with Crippen molar-refractivity contribution < 1.29 is 5.11 Å². The summed E-state index contributed by atoms with van der Waals surface area (Å²) in [6, 6.07) is 7.79. The van der Waals surface area contributed by atoms with Gasteiger partial charge in [0.25, 0.3) is 0 Å². The molecule has 0 radical (unpaired) electrons. The fourth-order valence-corrected chi connectivity index (χ4v) is 2.63. The summed E-state index contributed by atoms with van der Waals surface area (Å²) in [7, 11) is 4.05. The van der Waals surface area contributed by atoms with E-state index < -0.39 is 0 Å². The topological polar surface area (TPSA) is 76.5 Å². The fourth-order valence-electron chi connectivity index (χ4n) is 2.63. The monoisotopic (exact) mass is 260 g/mol. The summed E-state index contributed by atoms with van der Waals surface area (Å²) < 4.78 is 0. The maximum absolute atomic E-state index is 9.87. The van der Waals surface area contributed by atoms with Crippen molar-refractivity contribution >= 4 is 11.4 Å². The average Bonchev–Trinajstić information content (AvgIpc) is 2.69. The number of β-amino-alcohol motifs (C(OH)–C–C–N with tert-alkyl or cyclic N) is 1. The summed E-state index contributed by atoms with van der Waals surface area (Å²) in [6.07, 6.45) is 0.458. The molecule has 0 amide bonds. The molecular formula is C14H20N4O. The molecule has 102 valence electrons. The lowest BCUT2D eigenvalue weighted by atomic mass is 10.1. The van der Waals surface area contributed by atoms with Gasteiger partial charge in [0.2, 0.25) is 0 Å². The number of nitrogens with two attached hydrogens (primary N) is 1. The Morgan fingerprint density at radius 2 is 2.26 bits per heavy atom. The lowest BCUT2D eigenvalue weighted by Crippen LogP contribution is -2.37. The molecule has 0 saturated carbocycles. The number of nitrogen functional groups attached to an aromatic ring is 1. The Bertz CT molecular complexity index is 495. The maximum Gasteiger partial charge on any atom is 0.101 e. The summed E-state index contributed by atoms with van der Waals surface area (Å²) in [6.45, 7) is 1.50. The van der Waals surface area contributed by atoms with Gasteiger partial charge in [0.15, 0.2) is 0 Å². The van der Waals surface area contributed by atoms with Crippen LogP contribution >= 0.6 is 0 Å². The van der Waals surface area contributed by atoms with Gasteiger partial charge in [-0.05, 0) is 38.7 Å². The minimum Gasteiger partial charge on any atom is -0.398 e. The molecule has 1 aliphatic rings. The summed E-state index contributed by atoms with van der Waals surface area (Å²) in [4.78, 5) is 4.28. The van der Waals surface area contributed by atoms with E-state index in [1.54, 1.807) is 6.07 Å². The second-order valence-electron chi connectivity index (χ2n) is 5.34. The molecule has 5 nitrogen and oxygen atoms in total. The lowest BCUT2D eigenvalue weighted by molar-refractivity contribution is 0.191. The van der Waals surface area contributed by atoms with Crippen molar-refractivity contribution in [2.75, 3.05) is 37.8 Å². The Morgan fingerprint density at radius 1 is 1.53 bits per heavy atom. The number of aliphatic hydroxyl groups is 1. The molecule has 0 aromatic heterocycles. The zero-order valence-corrected chi connectivity index (χ0v) is 11.4. The first-order valence-electron chi connectivity index (χ1n) is 6.40. The number of rotatable bonds is 3. The average molecular weight is 260 g/mol. The van der Waals surface area contributed by atoms with Gasteiger partial charge in [-0.25, -0.2) is 0 Å². The zero-order valence-electron chi connectivity index (χ0n) is 11.4. The molecule has 2 atom stereocenters. The molecule has 2 unspecified atom stereocenters. The number of benzene rings is 1. The van der Waals surface area contributed by atoms with Crippen LogP contribution in [0.25, 0.3) is 0 Å². The van der Waals surface area contributed by atoms with Gasteiger partial charge in [-0.15, -0.1) is 0 Å². The largest absolute Gasteiger partial charge is 0.398 e. The van der Waals surface area contributed by atoms with Gasteiger partial charge in [-0.1, -0.05) is 0 Å². The maximum atomic E-state index is 9.87. The first kappa shape index (κ1) is 13.7. The summed E-state index contributed by atoms with van der Waals surface area (Å²) in [5, 5.41) is 18.8. The molecule has 0 aliphatic carbocycles. The third-order valence-electron chi connectivity index (χ3n) is 3.46. The van der Waals surface area contributed by atoms with Crippen LogP contribution in [0.2, 0.25) is 0 Å². The molecule has 1 aromatic rings. The molecule has 1 aromatic carbocycles. The van der Waals surface area contributed by atoms with Crippen molar-refractivity contribution in [2.24, 2.45) is 0 Å². The minimum atomic E-state index is -0.304. The summed E-state index contributed by atoms with van der Waals surface area (Å²) >= 11 is 0. The van der Waals surface area contributed by atoms with E-state index in [1.807, 2.05) is 26.2 Å². The molecule has 1 aliphatic heterocycles. The number of likely N-dealkylation sites (N-methyl/N-ethyl adjacent to an activating group) is 1. The Balaban J connectivity index is 2.24. The quantitative estimate of drug-likeness (QED) is 0.780. The van der Waals surface area contributed by atoms with Crippen LogP contribution in [-0.4, -0.2) is 49.3 Å². The number of hydrogen-bond donors (Lipinski definition) is 2. The molecule has 0 bridgehead atoms. The second kappa shape index (κ2) is 5.47. The van der Waals surface area contributed by atoms with E-state index >= 15 is 0 Å². The van der Waals surface area contributed by atoms with Gasteiger partial charge in [0.1, 0.15) is 6.07 Å². The van der Waals surface area contributed by atoms with Crippen LogP contribution in [0.4, 0.5) is 11.4 Å². The van der Waals surface area contributed by atoms with Crippen LogP contribution in [0.5, 0.6) is 0 Å². The van der Waals surface area contributed by atoms with Gasteiger partial charge in [0, 0.05) is 24.8 Å². The fraction of sp³-hybridized carbons (Fsp3) is 0.500. The van der Waals surface area contributed by atoms with E-state index in [1.165, 1.54) is 0 Å². The first-order chi connectivity index (χ1) is 9.01. The lowest BCUT2D eigenvalue weighted by Gasteiger charge is -2.29. The molecule has 19 heavy (non-hydrogen) atoms. The number of nitriles is 1. The van der Waals surface area contributed by atoms with Gasteiger partial charge >= 0.3 is 0 Å². The van der Waals surface area contributed by atoms with Gasteiger partial charge in [-0.2, -0.15) is 5.26 Å². The number of hydrogen-bond acceptors (Lipinski definition) is 5. The molecule has 2 rings (SSSR count). The summed E-state index contributed by atoms with van der Waals surface area (Å²) in [5.41, 5.74) is 7.81. The van der Waals surface area contributed by atoms with Crippen LogP contribution in [0.3, 0.4) is 0 Å². The highest BCUT2D eigenvalue weighted by molar-refractivity contribution is 5.64. The Labute approximate surface area is 113 Å². The SMILES string of the molecule is CN(C)CC1CC(O)CN1c1ccc(C#N)c(N)c1. The van der Waals surface area contributed by atoms with E-state index in [9.17, 15) is 5.11 Å². The third-order valence-corrected chi connectivity index (χ3v) is 3.46. The van der Waals surface area contributed by atoms with E-state index in [0.29, 0.717) is 17.8 Å². The Hall–Kier alpha value is -1.77. The predicted octanol–water partition coefficient (Wildman–Crippen LogP) is 0.642. The number of nitrogens with zero attached hydrogens (tertiary/aromatic N) is 3. The van der Waals surface area contributed by atoms with Gasteiger partial charge in [0.05, 0.1) is 17.4 Å². The van der Waals surface area contributed by atoms with E-state index in [2.05, 4.69) is 15.9 Å². The molecule has 0 spiro atoms. The second-order valence-corrected chi connectivity index (χ2v) is 5.34. The third kappa shape index (κ3) is 2.98. The Kier molecular flexibility index (Phi) is 3.93. The highest BCUT2D eigenvalue weighted by Crippen LogP contribution is 2.28. The van der Waals surface area contributed by atoms with Crippen molar-refractivity contribution in [3.63, 3.8) is 0 Å². The predicted molar refractivity (Wildman–Crippen MR) is 75.9 cm³/mol. The van der Waals surface area contributed by atoms with Crippen molar-refractivity contribution in [2.45, 2.75) is 18.6 Å². The number of aliphatic hydroxyl groups excluding tert-OH is 1. The van der Waals surface area contributed by atoms with Crippen LogP contribution < -0.4 is 10.6 Å². The van der Waals surface area contributed by atoms with E-state index in [-0.39, 0.29) is 12.1 Å². The molecule has 1 saturated heterocycles. The molecule has 5 heteroatoms. The van der Waals surface area contributed by atoms with Crippen LogP contribution in [0.15, 0.2) is 18.2 Å². The Morgan fingerprint density at radius 3 is 2.84 bits per heavy atom. The molecule has 1 heterocycles. The highest BCUT2D eigenvalue weighted by Gasteiger charge is 2.31. The smallest absolute Gasteiger partial charge is 0.101 e. The first-order valence-corrected chi connectivity index (χ1v) is 6.40. The van der Waals surface area contributed by atoms with Gasteiger partial charge in [-0.3, -0.25) is 0 Å². The van der Waals surface area contributed by atoms with E-state index in [4.69, 9.17) is 11.0 Å². The molecule has 1 fully saturated rings. The van der Waals surface area contributed by atoms with Crippen LogP contribution in [0, 0.1) is 11.3 Å². The van der Waals surface area contributed by atoms with E-state index in [0.717, 1.165) is 18.7 Å². The van der Waals surface area contributed by atoms with Gasteiger partial charge < -0.3 is 20.6 Å². The van der Waals surface area contributed by atoms with Crippen molar-refractivity contribution in [1.29, 1.82) is 5.26 Å². The zero-order chi connectivity index (χ0) is 14.0. The van der Waals surface area contributed by atoms with Crippen molar-refractivity contribution in [3.8, 4) is 6.07 Å². The van der Waals surface area contributed by atoms with Crippen LogP contribution in [-0.2, 0) is 0 Å². The van der Waals surface area contributed by atoms with Crippen LogP contribution in [0.1, 0.15) is 12.0 Å². The number of anilines is 2. The normalized spacial score (nSPS) is 22.8. The minimum absolute atomic E-state index is 0.275. The highest BCUT2D eigenvalue weighted by atomic mass is 16.3. The van der Waals surface area contributed by atoms with Crippen molar-refractivity contribution in [1.82, 2.24) is 4.90 Å². The van der Waals surface area contributed by atoms with Crippen molar-refractivity contribution in [3.05, 3.63) is 23.8 Å². The molecule has 3 N–H and O–H groups in total. The molecular weight excluding hydrogens is 240 g/mol.